The minimum atomic E-state index is 0.0290. The molecular formula is C22H22N8. The summed E-state index contributed by atoms with van der Waals surface area (Å²) in [6.45, 7) is 3.38. The lowest BCUT2D eigenvalue weighted by atomic mass is 9.97. The number of benzene rings is 3. The molecule has 4 N–H and O–H groups in total. The van der Waals surface area contributed by atoms with Crippen molar-refractivity contribution in [2.45, 2.75) is 12.3 Å². The zero-order chi connectivity index (χ0) is 19.7. The minimum Gasteiger partial charge on any atom is -0.353 e. The Hall–Kier alpha value is -3.36. The molecule has 0 aromatic heterocycles. The molecule has 0 unspecified atom stereocenters. The van der Waals surface area contributed by atoms with Crippen LogP contribution in [0, 0.1) is 0 Å². The van der Waals surface area contributed by atoms with E-state index in [-0.39, 0.29) is 12.3 Å². The summed E-state index contributed by atoms with van der Waals surface area (Å²) in [5, 5.41) is 16.4. The lowest BCUT2D eigenvalue weighted by Crippen LogP contribution is -2.70. The van der Waals surface area contributed by atoms with Crippen molar-refractivity contribution >= 4 is 33.5 Å². The Bertz CT molecular complexity index is 1140. The Morgan fingerprint density at radius 1 is 0.733 bits per heavy atom. The van der Waals surface area contributed by atoms with Crippen molar-refractivity contribution in [2.75, 3.05) is 26.2 Å². The third kappa shape index (κ3) is 2.23. The van der Waals surface area contributed by atoms with E-state index in [4.69, 9.17) is 0 Å². The Kier molecular flexibility index (Phi) is 3.33. The number of hydrogen-bond donors (Lipinski definition) is 4. The Balaban J connectivity index is 1.39. The largest absolute Gasteiger partial charge is 0.353 e. The fraction of sp³-hybridized carbons (Fsp3) is 0.273. The van der Waals surface area contributed by atoms with Crippen LogP contribution < -0.4 is 21.5 Å². The highest BCUT2D eigenvalue weighted by Gasteiger charge is 2.53. The van der Waals surface area contributed by atoms with Gasteiger partial charge in [0.15, 0.2) is 0 Å². The maximum absolute atomic E-state index is 4.55. The fourth-order valence-corrected chi connectivity index (χ4v) is 5.03. The molecule has 150 valence electrons. The van der Waals surface area contributed by atoms with Crippen LogP contribution in [-0.2, 0) is 0 Å². The molecule has 5 aliphatic rings. The number of fused-ring (bicyclic) bond motifs is 1. The number of aliphatic imine (C=N–C) groups is 2. The Morgan fingerprint density at radius 2 is 1.23 bits per heavy atom. The van der Waals surface area contributed by atoms with Crippen molar-refractivity contribution < 1.29 is 0 Å². The van der Waals surface area contributed by atoms with Crippen molar-refractivity contribution in [3.05, 3.63) is 59.7 Å². The molecule has 4 bridgehead atoms. The minimum absolute atomic E-state index is 0.0290. The molecule has 3 aromatic rings. The lowest BCUT2D eigenvalue weighted by Gasteiger charge is -2.55. The van der Waals surface area contributed by atoms with Crippen LogP contribution in [0.25, 0.3) is 21.5 Å². The number of rotatable bonds is 2. The van der Waals surface area contributed by atoms with E-state index in [1.54, 1.807) is 0 Å². The Morgan fingerprint density at radius 3 is 1.67 bits per heavy atom. The average molecular weight is 398 g/mol. The maximum atomic E-state index is 4.55. The molecule has 30 heavy (non-hydrogen) atoms. The summed E-state index contributed by atoms with van der Waals surface area (Å²) in [6.07, 6.45) is 0.0581. The summed E-state index contributed by atoms with van der Waals surface area (Å²) in [6, 6.07) is 17.8. The topological polar surface area (TPSA) is 79.3 Å². The quantitative estimate of drug-likeness (QED) is 0.491. The first kappa shape index (κ1) is 16.4. The van der Waals surface area contributed by atoms with E-state index in [0.717, 1.165) is 38.1 Å². The first-order valence-electron chi connectivity index (χ1n) is 10.5. The van der Waals surface area contributed by atoms with Crippen LogP contribution >= 0.6 is 0 Å². The van der Waals surface area contributed by atoms with Gasteiger partial charge in [0.05, 0.1) is 13.1 Å². The molecular weight excluding hydrogens is 376 g/mol. The smallest absolute Gasteiger partial charge is 0.206 e. The van der Waals surface area contributed by atoms with E-state index in [2.05, 4.69) is 90.0 Å². The second-order valence-electron chi connectivity index (χ2n) is 8.09. The molecule has 3 aromatic carbocycles. The van der Waals surface area contributed by atoms with Crippen LogP contribution in [0.4, 0.5) is 0 Å². The molecule has 5 aliphatic heterocycles. The van der Waals surface area contributed by atoms with Gasteiger partial charge in [0.1, 0.15) is 12.3 Å². The second-order valence-corrected chi connectivity index (χ2v) is 8.09. The summed E-state index contributed by atoms with van der Waals surface area (Å²) in [4.78, 5) is 9.09. The molecule has 5 heterocycles. The molecule has 0 amide bonds. The Labute approximate surface area is 173 Å². The first-order valence-corrected chi connectivity index (χ1v) is 10.5. The second kappa shape index (κ2) is 6.07. The molecule has 8 rings (SSSR count). The summed E-state index contributed by atoms with van der Waals surface area (Å²) in [5.41, 5.74) is 9.61. The summed E-state index contributed by atoms with van der Waals surface area (Å²) in [5.74, 6) is 1.69. The molecule has 0 aliphatic carbocycles. The van der Waals surface area contributed by atoms with Crippen LogP contribution in [0.2, 0.25) is 0 Å². The van der Waals surface area contributed by atoms with Gasteiger partial charge in [0.25, 0.3) is 0 Å². The molecule has 0 radical (unpaired) electrons. The van der Waals surface area contributed by atoms with Gasteiger partial charge in [-0.05, 0) is 44.8 Å². The summed E-state index contributed by atoms with van der Waals surface area (Å²) >= 11 is 0. The van der Waals surface area contributed by atoms with Gasteiger partial charge in [0.2, 0.25) is 11.9 Å². The van der Waals surface area contributed by atoms with Gasteiger partial charge >= 0.3 is 0 Å². The predicted octanol–water partition coefficient (Wildman–Crippen LogP) is 1.55. The van der Waals surface area contributed by atoms with Gasteiger partial charge in [-0.25, -0.2) is 0 Å². The number of hydrogen-bond acceptors (Lipinski definition) is 8. The van der Waals surface area contributed by atoms with Gasteiger partial charge in [-0.2, -0.15) is 10.0 Å². The van der Waals surface area contributed by atoms with Crippen LogP contribution in [-0.4, -0.2) is 48.1 Å². The van der Waals surface area contributed by atoms with Gasteiger partial charge in [-0.1, -0.05) is 36.4 Å². The number of nitrogens with one attached hydrogen (secondary N) is 4. The molecule has 1 fully saturated rings. The third-order valence-electron chi connectivity index (χ3n) is 6.38. The van der Waals surface area contributed by atoms with Gasteiger partial charge in [-0.3, -0.25) is 20.8 Å². The van der Waals surface area contributed by atoms with E-state index in [1.807, 2.05) is 0 Å². The number of guanidine groups is 2. The van der Waals surface area contributed by atoms with Gasteiger partial charge in [0, 0.05) is 13.1 Å². The average Bonchev–Trinajstić information content (AvgIpc) is 3.39. The van der Waals surface area contributed by atoms with Gasteiger partial charge in [-0.15, -0.1) is 0 Å². The number of hydrazine groups is 2. The SMILES string of the molecule is c1ccc2cc3c4ccc(c3cc2c1)C1N(NC2=NCCN2)C4N1NC1=NCCN1. The highest BCUT2D eigenvalue weighted by Crippen LogP contribution is 2.53. The molecule has 0 spiro atoms. The highest BCUT2D eigenvalue weighted by molar-refractivity contribution is 6.02. The van der Waals surface area contributed by atoms with Crippen LogP contribution in [0.15, 0.2) is 58.5 Å². The predicted molar refractivity (Wildman–Crippen MR) is 117 cm³/mol. The third-order valence-corrected chi connectivity index (χ3v) is 6.38. The highest BCUT2D eigenvalue weighted by atomic mass is 15.8. The zero-order valence-electron chi connectivity index (χ0n) is 16.4. The van der Waals surface area contributed by atoms with E-state index < -0.39 is 0 Å². The molecule has 8 heteroatoms. The zero-order valence-corrected chi connectivity index (χ0v) is 16.4. The van der Waals surface area contributed by atoms with E-state index in [1.165, 1.54) is 32.7 Å². The van der Waals surface area contributed by atoms with Crippen molar-refractivity contribution in [2.24, 2.45) is 9.98 Å². The van der Waals surface area contributed by atoms with Crippen molar-refractivity contribution in [3.63, 3.8) is 0 Å². The number of nitrogens with zero attached hydrogens (tertiary/aromatic N) is 4. The van der Waals surface area contributed by atoms with Crippen molar-refractivity contribution in [1.82, 2.24) is 31.5 Å². The molecule has 0 saturated carbocycles. The van der Waals surface area contributed by atoms with E-state index >= 15 is 0 Å². The first-order chi connectivity index (χ1) is 14.9. The monoisotopic (exact) mass is 398 g/mol. The standard InChI is InChI=1S/C22H22N8/c1-2-4-14-12-18-16-6-5-15(17(18)11-13(14)3-1)19-29(27-21-23-7-8-24-21)20(16)30(19)28-22-25-9-10-26-22/h1-6,11-12,19-20H,7-10H2,(H2,23,24,27)(H2,25,26,28). The van der Waals surface area contributed by atoms with Crippen LogP contribution in [0.5, 0.6) is 0 Å². The normalized spacial score (nSPS) is 24.8. The molecule has 1 saturated heterocycles. The van der Waals surface area contributed by atoms with Crippen molar-refractivity contribution in [3.8, 4) is 0 Å². The van der Waals surface area contributed by atoms with Crippen LogP contribution in [0.3, 0.4) is 0 Å². The van der Waals surface area contributed by atoms with Crippen molar-refractivity contribution in [1.29, 1.82) is 0 Å². The molecule has 8 nitrogen and oxygen atoms in total. The van der Waals surface area contributed by atoms with Crippen LogP contribution in [0.1, 0.15) is 23.5 Å². The van der Waals surface area contributed by atoms with E-state index in [0.29, 0.717) is 0 Å². The molecule has 0 atom stereocenters. The fourth-order valence-electron chi connectivity index (χ4n) is 5.03. The van der Waals surface area contributed by atoms with Gasteiger partial charge < -0.3 is 10.6 Å². The summed E-state index contributed by atoms with van der Waals surface area (Å²) in [7, 11) is 0. The lowest BCUT2D eigenvalue weighted by molar-refractivity contribution is -0.215. The summed E-state index contributed by atoms with van der Waals surface area (Å²) < 4.78 is 0. The maximum Gasteiger partial charge on any atom is 0.206 e. The van der Waals surface area contributed by atoms with E-state index in [9.17, 15) is 0 Å².